The van der Waals surface area contributed by atoms with Gasteiger partial charge in [0.25, 0.3) is 11.5 Å². The first-order valence-electron chi connectivity index (χ1n) is 9.96. The van der Waals surface area contributed by atoms with Gasteiger partial charge in [0.15, 0.2) is 0 Å². The number of hydrogen-bond acceptors (Lipinski definition) is 5. The van der Waals surface area contributed by atoms with Crippen LogP contribution in [0.25, 0.3) is 10.2 Å². The lowest BCUT2D eigenvalue weighted by Crippen LogP contribution is -2.28. The van der Waals surface area contributed by atoms with Crippen molar-refractivity contribution < 1.29 is 22.8 Å². The molecular weight excluding hydrogens is 469 g/mol. The topological polar surface area (TPSA) is 93.1 Å². The number of amides is 2. The molecule has 2 amide bonds. The maximum absolute atomic E-state index is 13.2. The molecule has 2 N–H and O–H groups in total. The highest BCUT2D eigenvalue weighted by Crippen LogP contribution is 2.34. The maximum atomic E-state index is 13.2. The van der Waals surface area contributed by atoms with E-state index in [1.165, 1.54) is 12.1 Å². The zero-order valence-corrected chi connectivity index (χ0v) is 18.5. The standard InChI is InChI=1S/C23H17F3N4O3S/c1-13-18-21(34-19(13)20(32)28-14-7-3-2-4-8-14)27-12-30(22(18)33)11-17(31)29-16-10-6-5-9-15(16)23(24,25)26/h2-10,12H,11H2,1H3,(H,28,32)(H,29,31). The molecule has 0 spiro atoms. The van der Waals surface area contributed by atoms with Gasteiger partial charge in [-0.3, -0.25) is 19.0 Å². The van der Waals surface area contributed by atoms with Crippen molar-refractivity contribution in [2.75, 3.05) is 10.6 Å². The Kier molecular flexibility index (Phi) is 6.20. The molecule has 0 unspecified atom stereocenters. The Morgan fingerprint density at radius 2 is 1.71 bits per heavy atom. The fraction of sp³-hybridized carbons (Fsp3) is 0.130. The van der Waals surface area contributed by atoms with Gasteiger partial charge in [0.1, 0.15) is 11.4 Å². The predicted molar refractivity (Wildman–Crippen MR) is 123 cm³/mol. The van der Waals surface area contributed by atoms with Gasteiger partial charge in [-0.05, 0) is 36.8 Å². The zero-order valence-electron chi connectivity index (χ0n) is 17.6. The summed E-state index contributed by atoms with van der Waals surface area (Å²) in [6.45, 7) is 1.06. The van der Waals surface area contributed by atoms with Gasteiger partial charge in [-0.1, -0.05) is 30.3 Å². The number of hydrogen-bond donors (Lipinski definition) is 2. The van der Waals surface area contributed by atoms with Crippen LogP contribution in [-0.4, -0.2) is 21.4 Å². The summed E-state index contributed by atoms with van der Waals surface area (Å²) in [6.07, 6.45) is -3.51. The van der Waals surface area contributed by atoms with E-state index in [1.54, 1.807) is 31.2 Å². The zero-order chi connectivity index (χ0) is 24.5. The predicted octanol–water partition coefficient (Wildman–Crippen LogP) is 4.68. The second-order valence-electron chi connectivity index (χ2n) is 7.33. The number of alkyl halides is 3. The number of thiophene rings is 1. The minimum atomic E-state index is -4.65. The summed E-state index contributed by atoms with van der Waals surface area (Å²) < 4.78 is 40.5. The molecular formula is C23H17F3N4O3S. The molecule has 174 valence electrons. The van der Waals surface area contributed by atoms with E-state index in [1.807, 2.05) is 6.07 Å². The molecule has 0 bridgehead atoms. The largest absolute Gasteiger partial charge is 0.418 e. The van der Waals surface area contributed by atoms with E-state index in [0.29, 0.717) is 21.0 Å². The molecule has 0 fully saturated rings. The highest BCUT2D eigenvalue weighted by molar-refractivity contribution is 7.20. The summed E-state index contributed by atoms with van der Waals surface area (Å²) in [6, 6.07) is 13.4. The summed E-state index contributed by atoms with van der Waals surface area (Å²) >= 11 is 1.04. The molecule has 11 heteroatoms. The highest BCUT2D eigenvalue weighted by atomic mass is 32.1. The van der Waals surface area contributed by atoms with E-state index < -0.39 is 41.3 Å². The van der Waals surface area contributed by atoms with Crippen molar-refractivity contribution in [2.24, 2.45) is 0 Å². The number of benzene rings is 2. The Balaban J connectivity index is 1.59. The van der Waals surface area contributed by atoms with E-state index in [4.69, 9.17) is 0 Å². The molecule has 0 saturated heterocycles. The van der Waals surface area contributed by atoms with Crippen LogP contribution < -0.4 is 16.2 Å². The SMILES string of the molecule is Cc1c(C(=O)Nc2ccccc2)sc2ncn(CC(=O)Nc3ccccc3C(F)(F)F)c(=O)c12. The molecule has 2 heterocycles. The Hall–Kier alpha value is -3.99. The summed E-state index contributed by atoms with van der Waals surface area (Å²) in [5.41, 5.74) is -0.980. The molecule has 2 aromatic carbocycles. The summed E-state index contributed by atoms with van der Waals surface area (Å²) in [5.74, 6) is -1.23. The van der Waals surface area contributed by atoms with Gasteiger partial charge >= 0.3 is 6.18 Å². The summed E-state index contributed by atoms with van der Waals surface area (Å²) in [7, 11) is 0. The van der Waals surface area contributed by atoms with Gasteiger partial charge in [-0.2, -0.15) is 13.2 Å². The third-order valence-corrected chi connectivity index (χ3v) is 6.17. The lowest BCUT2D eigenvalue weighted by Gasteiger charge is -2.13. The number of halogens is 3. The van der Waals surface area contributed by atoms with Crippen LogP contribution in [0, 0.1) is 6.92 Å². The van der Waals surface area contributed by atoms with Crippen LogP contribution in [0.3, 0.4) is 0 Å². The van der Waals surface area contributed by atoms with E-state index in [2.05, 4.69) is 15.6 Å². The van der Waals surface area contributed by atoms with E-state index in [0.717, 1.165) is 34.4 Å². The van der Waals surface area contributed by atoms with Crippen LogP contribution in [0.2, 0.25) is 0 Å². The first-order valence-corrected chi connectivity index (χ1v) is 10.8. The number of fused-ring (bicyclic) bond motifs is 1. The molecule has 0 aliphatic carbocycles. The van der Waals surface area contributed by atoms with Gasteiger partial charge in [0, 0.05) is 5.69 Å². The van der Waals surface area contributed by atoms with Gasteiger partial charge in [-0.25, -0.2) is 4.98 Å². The minimum Gasteiger partial charge on any atom is -0.324 e. The van der Waals surface area contributed by atoms with Gasteiger partial charge in [-0.15, -0.1) is 11.3 Å². The van der Waals surface area contributed by atoms with Crippen molar-refractivity contribution in [3.05, 3.63) is 87.3 Å². The average molecular weight is 486 g/mol. The Bertz CT molecular complexity index is 1450. The smallest absolute Gasteiger partial charge is 0.324 e. The van der Waals surface area contributed by atoms with E-state index >= 15 is 0 Å². The quantitative estimate of drug-likeness (QED) is 0.429. The monoisotopic (exact) mass is 486 g/mol. The van der Waals surface area contributed by atoms with Crippen LogP contribution in [0.1, 0.15) is 20.8 Å². The Morgan fingerprint density at radius 3 is 2.41 bits per heavy atom. The number of aromatic nitrogens is 2. The third kappa shape index (κ3) is 4.69. The van der Waals surface area contributed by atoms with Crippen LogP contribution in [-0.2, 0) is 17.5 Å². The van der Waals surface area contributed by atoms with Crippen LogP contribution in [0.15, 0.2) is 65.7 Å². The molecule has 0 radical (unpaired) electrons. The van der Waals surface area contributed by atoms with Crippen LogP contribution in [0.5, 0.6) is 0 Å². The number of aryl methyl sites for hydroxylation is 1. The van der Waals surface area contributed by atoms with Gasteiger partial charge in [0.05, 0.1) is 27.8 Å². The molecule has 4 rings (SSSR count). The number of carbonyl (C=O) groups is 2. The lowest BCUT2D eigenvalue weighted by atomic mass is 10.1. The van der Waals surface area contributed by atoms with Crippen molar-refractivity contribution >= 4 is 44.7 Å². The number of carbonyl (C=O) groups excluding carboxylic acids is 2. The minimum absolute atomic E-state index is 0.175. The maximum Gasteiger partial charge on any atom is 0.418 e. The molecule has 34 heavy (non-hydrogen) atoms. The van der Waals surface area contributed by atoms with Crippen molar-refractivity contribution in [3.8, 4) is 0 Å². The molecule has 7 nitrogen and oxygen atoms in total. The molecule has 4 aromatic rings. The fourth-order valence-electron chi connectivity index (χ4n) is 3.38. The van der Waals surface area contributed by atoms with Crippen LogP contribution in [0.4, 0.5) is 24.5 Å². The molecule has 2 aromatic heterocycles. The Morgan fingerprint density at radius 1 is 1.03 bits per heavy atom. The molecule has 0 atom stereocenters. The van der Waals surface area contributed by atoms with Crippen LogP contribution >= 0.6 is 11.3 Å². The fourth-order valence-corrected chi connectivity index (χ4v) is 4.42. The van der Waals surface area contributed by atoms with Crippen molar-refractivity contribution in [3.63, 3.8) is 0 Å². The normalized spacial score (nSPS) is 11.4. The number of rotatable bonds is 5. The highest BCUT2D eigenvalue weighted by Gasteiger charge is 2.33. The van der Waals surface area contributed by atoms with Crippen molar-refractivity contribution in [1.29, 1.82) is 0 Å². The summed E-state index contributed by atoms with van der Waals surface area (Å²) in [5, 5.41) is 5.12. The lowest BCUT2D eigenvalue weighted by molar-refractivity contribution is -0.137. The molecule has 0 aliphatic heterocycles. The molecule has 0 saturated carbocycles. The van der Waals surface area contributed by atoms with Crippen molar-refractivity contribution in [1.82, 2.24) is 9.55 Å². The van der Waals surface area contributed by atoms with Gasteiger partial charge < -0.3 is 10.6 Å². The molecule has 0 aliphatic rings. The average Bonchev–Trinajstić information content (AvgIpc) is 3.13. The number of nitrogens with zero attached hydrogens (tertiary/aromatic N) is 2. The first kappa shape index (κ1) is 23.2. The second-order valence-corrected chi connectivity index (χ2v) is 8.32. The Labute approximate surface area is 194 Å². The summed E-state index contributed by atoms with van der Waals surface area (Å²) in [4.78, 5) is 42.9. The number of para-hydroxylation sites is 2. The number of anilines is 2. The van der Waals surface area contributed by atoms with E-state index in [9.17, 15) is 27.6 Å². The van der Waals surface area contributed by atoms with Crippen molar-refractivity contribution in [2.45, 2.75) is 19.6 Å². The number of nitrogens with one attached hydrogen (secondary N) is 2. The first-order chi connectivity index (χ1) is 16.1. The second kappa shape index (κ2) is 9.10. The van der Waals surface area contributed by atoms with Gasteiger partial charge in [0.2, 0.25) is 5.91 Å². The van der Waals surface area contributed by atoms with E-state index in [-0.39, 0.29) is 5.39 Å². The third-order valence-electron chi connectivity index (χ3n) is 4.98.